The third-order valence-electron chi connectivity index (χ3n) is 5.92. The van der Waals surface area contributed by atoms with Crippen LogP contribution in [0.2, 0.25) is 10.1 Å². The smallest absolute Gasteiger partial charge is 0.264 e. The normalized spacial score (nSPS) is 22.5. The van der Waals surface area contributed by atoms with Crippen LogP contribution >= 0.6 is 11.3 Å². The highest BCUT2D eigenvalue weighted by Crippen LogP contribution is 2.45. The second kappa shape index (κ2) is 14.0. The van der Waals surface area contributed by atoms with Gasteiger partial charge in [0.2, 0.25) is 19.5 Å². The summed E-state index contributed by atoms with van der Waals surface area (Å²) in [4.78, 5) is 4.57. The van der Waals surface area contributed by atoms with Crippen molar-refractivity contribution >= 4 is 47.1 Å². The summed E-state index contributed by atoms with van der Waals surface area (Å²) in [6, 6.07) is 0. The van der Waals surface area contributed by atoms with Gasteiger partial charge in [-0.1, -0.05) is 54.9 Å². The van der Waals surface area contributed by atoms with E-state index >= 15 is 0 Å². The molecule has 1 aromatic rings. The van der Waals surface area contributed by atoms with Crippen LogP contribution in [0, 0.1) is 12.8 Å². The van der Waals surface area contributed by atoms with Crippen molar-refractivity contribution in [1.29, 1.82) is 0 Å². The molecule has 38 heavy (non-hydrogen) atoms. The van der Waals surface area contributed by atoms with Gasteiger partial charge in [0.15, 0.2) is 0 Å². The molecule has 1 aromatic heterocycles. The van der Waals surface area contributed by atoms with E-state index in [1.807, 2.05) is 12.3 Å². The molecule has 2 heterocycles. The molecule has 0 unspecified atom stereocenters. The standard InChI is InChI=1S/C27H47NO6S2Si2/c1-19(16-32-37-25(4,5)6)12-11-13-27(18-31-36(10,29)30)24(33-27)15-23(34-38-26(7,8)9)20(2)14-22-17-35-21(3)28-22/h14,17,19,23-24H,11-13,15-16,18H2,1-10H3/b20-14+/t19-,23-,24-,27-/m0/s1. The molecule has 0 spiro atoms. The highest BCUT2D eigenvalue weighted by atomic mass is 32.2. The van der Waals surface area contributed by atoms with Crippen molar-refractivity contribution < 1.29 is 26.2 Å². The lowest BCUT2D eigenvalue weighted by molar-refractivity contribution is 0.175. The molecule has 0 aliphatic carbocycles. The van der Waals surface area contributed by atoms with Crippen molar-refractivity contribution in [2.75, 3.05) is 19.5 Å². The number of rotatable bonds is 16. The molecule has 0 saturated carbocycles. The Balaban J connectivity index is 2.06. The minimum absolute atomic E-state index is 0.0368. The lowest BCUT2D eigenvalue weighted by atomic mass is 9.92. The molecule has 0 bridgehead atoms. The number of nitrogens with zero attached hydrogens (tertiary/aromatic N) is 1. The SMILES string of the molecule is C/C(=C\c1csc(C)n1)[C@H](C[C@@H]1O[C@@]1(CCC[C@H](C)CO[Si]C(C)(C)C)COS(C)(=O)=O)O[Si]C(C)(C)C. The number of hydrogen-bond donors (Lipinski definition) is 0. The number of aromatic nitrogens is 1. The van der Waals surface area contributed by atoms with Gasteiger partial charge in [-0.15, -0.1) is 11.3 Å². The third-order valence-corrected chi connectivity index (χ3v) is 9.20. The second-order valence-electron chi connectivity index (χ2n) is 12.7. The average molecular weight is 602 g/mol. The first-order chi connectivity index (χ1) is 17.4. The van der Waals surface area contributed by atoms with Gasteiger partial charge in [0.05, 0.1) is 35.8 Å². The van der Waals surface area contributed by atoms with Crippen LogP contribution < -0.4 is 0 Å². The second-order valence-corrected chi connectivity index (χ2v) is 19.3. The molecule has 0 aromatic carbocycles. The number of thiazole rings is 1. The van der Waals surface area contributed by atoms with Gasteiger partial charge in [0.1, 0.15) is 5.60 Å². The van der Waals surface area contributed by atoms with Crippen LogP contribution in [-0.4, -0.2) is 70.2 Å². The molecule has 7 nitrogen and oxygen atoms in total. The van der Waals surface area contributed by atoms with E-state index in [0.717, 1.165) is 48.4 Å². The average Bonchev–Trinajstić information content (AvgIpc) is 3.27. The summed E-state index contributed by atoms with van der Waals surface area (Å²) < 4.78 is 47.5. The van der Waals surface area contributed by atoms with Crippen LogP contribution in [0.3, 0.4) is 0 Å². The Morgan fingerprint density at radius 2 is 1.89 bits per heavy atom. The molecule has 1 aliphatic rings. The Morgan fingerprint density at radius 1 is 1.24 bits per heavy atom. The monoisotopic (exact) mass is 601 g/mol. The van der Waals surface area contributed by atoms with Gasteiger partial charge in [-0.25, -0.2) is 4.98 Å². The van der Waals surface area contributed by atoms with Gasteiger partial charge in [0, 0.05) is 18.4 Å². The molecule has 0 amide bonds. The van der Waals surface area contributed by atoms with Crippen molar-refractivity contribution in [2.45, 2.75) is 116 Å². The van der Waals surface area contributed by atoms with Gasteiger partial charge in [-0.2, -0.15) is 8.42 Å². The minimum Gasteiger partial charge on any atom is -0.417 e. The number of aryl methyl sites for hydroxylation is 1. The van der Waals surface area contributed by atoms with Gasteiger partial charge in [-0.3, -0.25) is 4.18 Å². The van der Waals surface area contributed by atoms with Crippen molar-refractivity contribution in [3.63, 3.8) is 0 Å². The van der Waals surface area contributed by atoms with E-state index in [1.165, 1.54) is 0 Å². The molecule has 0 N–H and O–H groups in total. The number of hydrogen-bond acceptors (Lipinski definition) is 8. The van der Waals surface area contributed by atoms with Crippen LogP contribution in [0.15, 0.2) is 11.0 Å². The maximum Gasteiger partial charge on any atom is 0.264 e. The van der Waals surface area contributed by atoms with Crippen LogP contribution in [0.25, 0.3) is 6.08 Å². The Morgan fingerprint density at radius 3 is 2.45 bits per heavy atom. The van der Waals surface area contributed by atoms with Crippen molar-refractivity contribution in [2.24, 2.45) is 5.92 Å². The highest BCUT2D eigenvalue weighted by Gasteiger charge is 2.57. The summed E-state index contributed by atoms with van der Waals surface area (Å²) in [5.41, 5.74) is 1.41. The van der Waals surface area contributed by atoms with E-state index in [-0.39, 0.29) is 28.9 Å². The fourth-order valence-electron chi connectivity index (χ4n) is 3.91. The van der Waals surface area contributed by atoms with Gasteiger partial charge >= 0.3 is 0 Å². The van der Waals surface area contributed by atoms with Gasteiger partial charge < -0.3 is 13.6 Å². The van der Waals surface area contributed by atoms with Gasteiger partial charge in [-0.05, 0) is 54.3 Å². The van der Waals surface area contributed by atoms with Crippen molar-refractivity contribution in [1.82, 2.24) is 4.98 Å². The summed E-state index contributed by atoms with van der Waals surface area (Å²) in [5.74, 6) is 0.422. The van der Waals surface area contributed by atoms with Crippen LogP contribution in [0.4, 0.5) is 0 Å². The molecule has 1 saturated heterocycles. The first-order valence-corrected chi connectivity index (χ1v) is 17.8. The summed E-state index contributed by atoms with van der Waals surface area (Å²) >= 11 is 1.63. The summed E-state index contributed by atoms with van der Waals surface area (Å²) in [6.45, 7) is 20.1. The Bertz CT molecular complexity index is 1020. The zero-order valence-corrected chi connectivity index (χ0v) is 28.5. The van der Waals surface area contributed by atoms with Crippen molar-refractivity contribution in [3.8, 4) is 0 Å². The van der Waals surface area contributed by atoms with Crippen LogP contribution in [0.5, 0.6) is 0 Å². The van der Waals surface area contributed by atoms with Gasteiger partial charge in [0.25, 0.3) is 10.1 Å². The Kier molecular flexibility index (Phi) is 12.4. The fourth-order valence-corrected chi connectivity index (χ4v) is 6.48. The highest BCUT2D eigenvalue weighted by molar-refractivity contribution is 7.85. The van der Waals surface area contributed by atoms with E-state index < -0.39 is 15.7 Å². The quantitative estimate of drug-likeness (QED) is 0.126. The molecule has 216 valence electrons. The zero-order chi connectivity index (χ0) is 28.8. The maximum atomic E-state index is 11.8. The molecular formula is C27H47NO6S2Si2. The molecule has 1 fully saturated rings. The van der Waals surface area contributed by atoms with Crippen LogP contribution in [-0.2, 0) is 27.9 Å². The summed E-state index contributed by atoms with van der Waals surface area (Å²) in [6.07, 6.45) is 6.17. The topological polar surface area (TPSA) is 87.3 Å². The third kappa shape index (κ3) is 13.3. The molecule has 4 atom stereocenters. The largest absolute Gasteiger partial charge is 0.417 e. The van der Waals surface area contributed by atoms with E-state index in [1.54, 1.807) is 11.3 Å². The van der Waals surface area contributed by atoms with Crippen LogP contribution in [0.1, 0.15) is 91.8 Å². The first-order valence-electron chi connectivity index (χ1n) is 13.3. The fraction of sp³-hybridized carbons (Fsp3) is 0.815. The predicted molar refractivity (Wildman–Crippen MR) is 158 cm³/mol. The van der Waals surface area contributed by atoms with E-state index in [0.29, 0.717) is 31.9 Å². The summed E-state index contributed by atoms with van der Waals surface area (Å²) in [5, 5.41) is 3.30. The predicted octanol–water partition coefficient (Wildman–Crippen LogP) is 6.24. The van der Waals surface area contributed by atoms with E-state index in [2.05, 4.69) is 66.4 Å². The van der Waals surface area contributed by atoms with E-state index in [9.17, 15) is 8.42 Å². The zero-order valence-electron chi connectivity index (χ0n) is 24.8. The molecular weight excluding hydrogens is 555 g/mol. The minimum atomic E-state index is -3.57. The molecule has 1 aliphatic heterocycles. The lowest BCUT2D eigenvalue weighted by Crippen LogP contribution is -2.29. The Hall–Kier alpha value is -0.406. The summed E-state index contributed by atoms with van der Waals surface area (Å²) in [7, 11) is -2.77. The number of ether oxygens (including phenoxy) is 1. The Labute approximate surface area is 240 Å². The molecule has 4 radical (unpaired) electrons. The van der Waals surface area contributed by atoms with E-state index in [4.69, 9.17) is 17.8 Å². The maximum absolute atomic E-state index is 11.8. The lowest BCUT2D eigenvalue weighted by Gasteiger charge is -2.24. The van der Waals surface area contributed by atoms with Crippen molar-refractivity contribution in [3.05, 3.63) is 21.7 Å². The molecule has 11 heteroatoms. The number of epoxide rings is 1. The molecule has 2 rings (SSSR count). The first kappa shape index (κ1) is 33.8.